The molecule has 1 atom stereocenters. The molecule has 0 saturated heterocycles. The molecular weight excluding hydrogens is 342 g/mol. The zero-order valence-electron chi connectivity index (χ0n) is 15.5. The number of nitrogens with zero attached hydrogens (tertiary/aromatic N) is 1. The number of methoxy groups -OCH3 is 1. The maximum Gasteiger partial charge on any atom is 0.264 e. The zero-order chi connectivity index (χ0) is 19.1. The van der Waals surface area contributed by atoms with E-state index < -0.39 is 6.10 Å². The van der Waals surface area contributed by atoms with Gasteiger partial charge < -0.3 is 18.8 Å². The van der Waals surface area contributed by atoms with E-state index >= 15 is 0 Å². The Labute approximate surface area is 159 Å². The van der Waals surface area contributed by atoms with E-state index in [4.69, 9.17) is 13.9 Å². The van der Waals surface area contributed by atoms with Crippen LogP contribution in [0.5, 0.6) is 11.5 Å². The smallest absolute Gasteiger partial charge is 0.264 e. The van der Waals surface area contributed by atoms with Gasteiger partial charge in [0.15, 0.2) is 17.6 Å². The summed E-state index contributed by atoms with van der Waals surface area (Å²) in [6.45, 7) is 2.59. The van der Waals surface area contributed by atoms with Crippen LogP contribution < -0.4 is 9.47 Å². The molecule has 1 aromatic heterocycles. The molecule has 140 valence electrons. The maximum atomic E-state index is 13.1. The number of carbonyl (C=O) groups is 1. The molecule has 3 aromatic rings. The second-order valence-corrected chi connectivity index (χ2v) is 6.17. The van der Waals surface area contributed by atoms with Gasteiger partial charge in [-0.05, 0) is 36.8 Å². The fraction of sp³-hybridized carbons (Fsp3) is 0.227. The van der Waals surface area contributed by atoms with Gasteiger partial charge in [0.1, 0.15) is 5.76 Å². The molecule has 0 spiro atoms. The quantitative estimate of drug-likeness (QED) is 0.598. The van der Waals surface area contributed by atoms with Gasteiger partial charge in [-0.15, -0.1) is 0 Å². The number of amides is 1. The molecule has 5 heteroatoms. The number of hydrogen-bond acceptors (Lipinski definition) is 4. The van der Waals surface area contributed by atoms with Gasteiger partial charge in [-0.2, -0.15) is 0 Å². The molecule has 3 rings (SSSR count). The number of para-hydroxylation sites is 2. The van der Waals surface area contributed by atoms with Gasteiger partial charge in [-0.1, -0.05) is 42.5 Å². The highest BCUT2D eigenvalue weighted by atomic mass is 16.5. The second kappa shape index (κ2) is 8.94. The first-order valence-electron chi connectivity index (χ1n) is 8.82. The van der Waals surface area contributed by atoms with Crippen LogP contribution in [0.1, 0.15) is 18.2 Å². The third kappa shape index (κ3) is 4.91. The summed E-state index contributed by atoms with van der Waals surface area (Å²) >= 11 is 0. The molecule has 0 saturated carbocycles. The van der Waals surface area contributed by atoms with Crippen LogP contribution in [0.3, 0.4) is 0 Å². The summed E-state index contributed by atoms with van der Waals surface area (Å²) in [4.78, 5) is 14.8. The Balaban J connectivity index is 1.76. The summed E-state index contributed by atoms with van der Waals surface area (Å²) < 4.78 is 16.6. The lowest BCUT2D eigenvalue weighted by molar-refractivity contribution is -0.139. The molecule has 0 N–H and O–H groups in total. The topological polar surface area (TPSA) is 51.9 Å². The average Bonchev–Trinajstić information content (AvgIpc) is 3.21. The Hall–Kier alpha value is -3.21. The van der Waals surface area contributed by atoms with E-state index in [1.165, 1.54) is 0 Å². The summed E-state index contributed by atoms with van der Waals surface area (Å²) in [5.74, 6) is 1.74. The molecule has 0 aliphatic heterocycles. The normalized spacial score (nSPS) is 11.6. The van der Waals surface area contributed by atoms with Crippen LogP contribution in [-0.4, -0.2) is 24.0 Å². The van der Waals surface area contributed by atoms with E-state index in [1.807, 2.05) is 54.6 Å². The molecular formula is C22H23NO4. The van der Waals surface area contributed by atoms with Crippen molar-refractivity contribution >= 4 is 5.91 Å². The monoisotopic (exact) mass is 365 g/mol. The molecule has 2 aromatic carbocycles. The van der Waals surface area contributed by atoms with Gasteiger partial charge in [0.05, 0.1) is 19.9 Å². The molecule has 0 aliphatic rings. The number of ether oxygens (including phenoxy) is 2. The van der Waals surface area contributed by atoms with E-state index in [9.17, 15) is 4.79 Å². The summed E-state index contributed by atoms with van der Waals surface area (Å²) in [6.07, 6.45) is 0.940. The zero-order valence-corrected chi connectivity index (χ0v) is 15.5. The first kappa shape index (κ1) is 18.6. The van der Waals surface area contributed by atoms with E-state index in [0.29, 0.717) is 24.6 Å². The Morgan fingerprint density at radius 2 is 1.67 bits per heavy atom. The standard InChI is InChI=1S/C22H23NO4/c1-17(27-21-13-7-6-12-20(21)25-2)22(24)23(16-19-11-8-14-26-19)15-18-9-4-3-5-10-18/h3-14,17H,15-16H2,1-2H3. The third-order valence-corrected chi connectivity index (χ3v) is 4.18. The number of hydrogen-bond donors (Lipinski definition) is 0. The second-order valence-electron chi connectivity index (χ2n) is 6.17. The highest BCUT2D eigenvalue weighted by molar-refractivity contribution is 5.81. The van der Waals surface area contributed by atoms with E-state index in [1.54, 1.807) is 37.3 Å². The summed E-state index contributed by atoms with van der Waals surface area (Å²) in [5, 5.41) is 0. The van der Waals surface area contributed by atoms with Crippen LogP contribution >= 0.6 is 0 Å². The lowest BCUT2D eigenvalue weighted by Crippen LogP contribution is -2.39. The van der Waals surface area contributed by atoms with E-state index in [-0.39, 0.29) is 5.91 Å². The molecule has 0 aliphatic carbocycles. The molecule has 27 heavy (non-hydrogen) atoms. The van der Waals surface area contributed by atoms with Gasteiger partial charge in [0, 0.05) is 6.54 Å². The molecule has 1 unspecified atom stereocenters. The molecule has 5 nitrogen and oxygen atoms in total. The van der Waals surface area contributed by atoms with Crippen molar-refractivity contribution in [1.29, 1.82) is 0 Å². The molecule has 0 bridgehead atoms. The SMILES string of the molecule is COc1ccccc1OC(C)C(=O)N(Cc1ccccc1)Cc1ccco1. The van der Waals surface area contributed by atoms with E-state index in [2.05, 4.69) is 0 Å². The molecule has 0 radical (unpaired) electrons. The van der Waals surface area contributed by atoms with Crippen molar-refractivity contribution in [2.75, 3.05) is 7.11 Å². The predicted molar refractivity (Wildman–Crippen MR) is 102 cm³/mol. The number of benzene rings is 2. The minimum absolute atomic E-state index is 0.124. The van der Waals surface area contributed by atoms with Gasteiger partial charge in [-0.25, -0.2) is 0 Å². The first-order chi connectivity index (χ1) is 13.2. The van der Waals surface area contributed by atoms with Crippen LogP contribution in [0, 0.1) is 0 Å². The van der Waals surface area contributed by atoms with Crippen LogP contribution in [0.2, 0.25) is 0 Å². The van der Waals surface area contributed by atoms with Crippen LogP contribution in [0.4, 0.5) is 0 Å². The summed E-state index contributed by atoms with van der Waals surface area (Å²) in [7, 11) is 1.58. The van der Waals surface area contributed by atoms with Crippen molar-refractivity contribution in [2.24, 2.45) is 0 Å². The Morgan fingerprint density at radius 3 is 2.33 bits per heavy atom. The Morgan fingerprint density at radius 1 is 0.963 bits per heavy atom. The highest BCUT2D eigenvalue weighted by Gasteiger charge is 2.24. The maximum absolute atomic E-state index is 13.1. The number of furan rings is 1. The van der Waals surface area contributed by atoms with Crippen LogP contribution in [0.25, 0.3) is 0 Å². The Kier molecular flexibility index (Phi) is 6.15. The molecule has 1 heterocycles. The lowest BCUT2D eigenvalue weighted by Gasteiger charge is -2.26. The lowest BCUT2D eigenvalue weighted by atomic mass is 10.2. The van der Waals surface area contributed by atoms with Crippen molar-refractivity contribution in [1.82, 2.24) is 4.90 Å². The van der Waals surface area contributed by atoms with E-state index in [0.717, 1.165) is 11.3 Å². The van der Waals surface area contributed by atoms with Gasteiger partial charge in [-0.3, -0.25) is 4.79 Å². The molecule has 0 fully saturated rings. The highest BCUT2D eigenvalue weighted by Crippen LogP contribution is 2.27. The minimum Gasteiger partial charge on any atom is -0.493 e. The van der Waals surface area contributed by atoms with Crippen molar-refractivity contribution in [3.8, 4) is 11.5 Å². The van der Waals surface area contributed by atoms with Crippen molar-refractivity contribution < 1.29 is 18.7 Å². The van der Waals surface area contributed by atoms with Gasteiger partial charge >= 0.3 is 0 Å². The number of rotatable bonds is 8. The van der Waals surface area contributed by atoms with Gasteiger partial charge in [0.2, 0.25) is 0 Å². The van der Waals surface area contributed by atoms with Crippen molar-refractivity contribution in [3.05, 3.63) is 84.3 Å². The first-order valence-corrected chi connectivity index (χ1v) is 8.82. The molecule has 1 amide bonds. The fourth-order valence-corrected chi connectivity index (χ4v) is 2.82. The van der Waals surface area contributed by atoms with Crippen LogP contribution in [-0.2, 0) is 17.9 Å². The summed E-state index contributed by atoms with van der Waals surface area (Å²) in [6, 6.07) is 20.8. The van der Waals surface area contributed by atoms with Crippen molar-refractivity contribution in [3.63, 3.8) is 0 Å². The summed E-state index contributed by atoms with van der Waals surface area (Å²) in [5.41, 5.74) is 1.04. The third-order valence-electron chi connectivity index (χ3n) is 4.18. The average molecular weight is 365 g/mol. The van der Waals surface area contributed by atoms with Crippen molar-refractivity contribution in [2.45, 2.75) is 26.1 Å². The number of carbonyl (C=O) groups excluding carboxylic acids is 1. The largest absolute Gasteiger partial charge is 0.493 e. The minimum atomic E-state index is -0.667. The Bertz CT molecular complexity index is 846. The fourth-order valence-electron chi connectivity index (χ4n) is 2.82. The van der Waals surface area contributed by atoms with Crippen LogP contribution in [0.15, 0.2) is 77.4 Å². The van der Waals surface area contributed by atoms with Gasteiger partial charge in [0.25, 0.3) is 5.91 Å². The predicted octanol–water partition coefficient (Wildman–Crippen LogP) is 4.28.